The monoisotopic (exact) mass is 2290 g/mol. The van der Waals surface area contributed by atoms with Crippen LogP contribution in [0, 0.1) is 26.4 Å². The number of rotatable bonds is 54. The number of aliphatic hydroxyl groups excluding tert-OH is 1. The summed E-state index contributed by atoms with van der Waals surface area (Å²) in [6, 6.07) is 15.1. The smallest absolute Gasteiger partial charge is 1.00 e. The molecule has 0 saturated carbocycles. The van der Waals surface area contributed by atoms with Crippen molar-refractivity contribution in [3.8, 4) is 22.5 Å². The van der Waals surface area contributed by atoms with Crippen LogP contribution in [0.4, 0.5) is 5.69 Å². The second-order valence-electron chi connectivity index (χ2n) is 26.9. The van der Waals surface area contributed by atoms with Crippen molar-refractivity contribution in [3.05, 3.63) is 80.5 Å². The molecule has 3 aromatic rings. The van der Waals surface area contributed by atoms with Crippen LogP contribution < -0.4 is 16.0 Å². The number of nitrogens with two attached hydrogens (primary N) is 1. The number of fused-ring (bicyclic) bond motifs is 5. The van der Waals surface area contributed by atoms with Gasteiger partial charge in [0, 0.05) is 56.2 Å². The third kappa shape index (κ3) is 40.2. The average Bonchev–Trinajstić information content (AvgIpc) is 1.69. The molecule has 0 radical (unpaired) electrons. The Kier molecular flexibility index (Phi) is 56.8. The fourth-order valence-corrected chi connectivity index (χ4v) is 17.4. The number of hydrogen-bond acceptors (Lipinski definition) is 26. The van der Waals surface area contributed by atoms with Crippen molar-refractivity contribution < 1.29 is 119 Å². The summed E-state index contributed by atoms with van der Waals surface area (Å²) in [6.07, 6.45) is 14.7. The number of carbonyl (C=O) groups is 5. The molecule has 41 heteroatoms. The van der Waals surface area contributed by atoms with E-state index in [0.29, 0.717) is 43.6 Å². The first-order valence-electron chi connectivity index (χ1n) is 36.7. The number of anilines is 1. The Hall–Kier alpha value is 3.62. The molecule has 5 aliphatic heterocycles. The van der Waals surface area contributed by atoms with Gasteiger partial charge in [-0.05, 0) is 93.5 Å². The number of aliphatic hydroxyl groups is 1. The summed E-state index contributed by atoms with van der Waals surface area (Å²) < 4.78 is 86.1. The van der Waals surface area contributed by atoms with E-state index >= 15 is 0 Å². The van der Waals surface area contributed by atoms with E-state index in [1.807, 2.05) is 53.2 Å². The molecular weight excluding hydrogens is 2170 g/mol. The molecular formula is C70H111Ba4IN6O24P4S2. The van der Waals surface area contributed by atoms with Crippen molar-refractivity contribution in [2.24, 2.45) is 5.73 Å². The minimum Gasteiger partial charge on any atom is -1.00 e. The van der Waals surface area contributed by atoms with Crippen LogP contribution in [0.2, 0.25) is 0 Å². The largest absolute Gasteiger partial charge is 2.00 e. The van der Waals surface area contributed by atoms with Gasteiger partial charge in [0.15, 0.2) is 0 Å². The van der Waals surface area contributed by atoms with Gasteiger partial charge in [-0.1, -0.05) is 112 Å². The molecule has 2 aromatic carbocycles. The van der Waals surface area contributed by atoms with Crippen LogP contribution >= 0.6 is 52.8 Å². The predicted molar refractivity (Wildman–Crippen MR) is 444 cm³/mol. The standard InChI is InChI=1S/C70H106N6O24P4S2.4Ba.HI.4H/c1-51(77)22-13-11-9-7-5-3-4-6-8-10-12-19-37-72-57(70(71)82)27-18-20-38-76-69-55-25-15-14-23-52(55)46-75(58-28-17-16-26-56(58)68(69)73-74-76)67(81)29-21-24-53(78)30-39-88-40-31-54(79)32-45-93-102(84,85)95-48-64-61(35-43-90-64)99-104(87,106)97-50-66-62(36-44-92-66)100-103(86,105)96-49-65-60(34-42-91-65)98-101(2,83)94-47-63-59(80)33-41-89-63;;;;;;;;;/h14-17,23,25-26,28,41-44,57,59-66,72,80,83H,2-13,18-22,24,27,29-40,45-50H2,1H3,(H2,71,82)(H,84,85)(H,86,105)(H,87,106);;;;;1H;;;;/q-4;4*+2;;4*-1/t57-,59?,60-,61-,62?,63+,64-,65-,66+,101?,103?,104?;;;;;;;;;/m0........./s1. The number of carbonyl (C=O) groups excluding carboxylic acids is 5. The van der Waals surface area contributed by atoms with Crippen LogP contribution in [0.1, 0.15) is 185 Å². The SMILES string of the molecule is C=P(O)(OC[C@H]1O[CH-]CC1O)O[C@H]1C[CH-]O[C@H]1COP(O)(=S)OC1C[CH-]O[C@@H]1COP(O)(=S)O[C@H]1C[CH-]O[C@H]1COP(=O)(O)OCCC(=O)CCOCCC(=O)CCCC(=O)N1Cc2ccccc2-c2c(nnn2CCCC[C@H](NCCCCCCCCCCCCCCC(C)=O)C(N)=O)-c2ccccc21.I.[Ba+2].[Ba+2].[Ba+2].[Ba+2].[H-].[H-].[H-].[H-]. The summed E-state index contributed by atoms with van der Waals surface area (Å²) in [5.74, 6) is -0.683. The van der Waals surface area contributed by atoms with Gasteiger partial charge in [0.2, 0.25) is 19.4 Å². The van der Waals surface area contributed by atoms with Crippen LogP contribution in [-0.4, -0.2) is 378 Å². The van der Waals surface area contributed by atoms with Gasteiger partial charge in [0.1, 0.15) is 23.0 Å². The number of Topliss-reactive ketones (excluding diaryl/α,β-unsaturated/α-hetero) is 3. The third-order valence-corrected chi connectivity index (χ3v) is 23.8. The van der Waals surface area contributed by atoms with Crippen LogP contribution in [0.3, 0.4) is 0 Å². The molecule has 4 fully saturated rings. The van der Waals surface area contributed by atoms with Gasteiger partial charge < -0.3 is 102 Å². The number of hydrogen-bond donors (Lipinski definition) is 7. The van der Waals surface area contributed by atoms with E-state index in [2.05, 4.69) is 16.8 Å². The minimum absolute atomic E-state index is 0. The number of nitrogens with zero attached hydrogens (tertiary/aromatic N) is 4. The van der Waals surface area contributed by atoms with Crippen LogP contribution in [0.5, 0.6) is 0 Å². The Labute approximate surface area is 847 Å². The summed E-state index contributed by atoms with van der Waals surface area (Å²) >= 11 is 10.5. The number of para-hydroxylation sites is 1. The summed E-state index contributed by atoms with van der Waals surface area (Å²) in [6.45, 7) is -1.03. The quantitative estimate of drug-likeness (QED) is 0.00908. The van der Waals surface area contributed by atoms with Crippen molar-refractivity contribution in [3.63, 3.8) is 0 Å². The van der Waals surface area contributed by atoms with Crippen LogP contribution in [0.15, 0.2) is 48.5 Å². The van der Waals surface area contributed by atoms with E-state index in [1.54, 1.807) is 11.8 Å². The van der Waals surface area contributed by atoms with Crippen molar-refractivity contribution in [1.82, 2.24) is 20.3 Å². The molecule has 30 nitrogen and oxygen atoms in total. The molecule has 6 unspecified atom stereocenters. The van der Waals surface area contributed by atoms with Crippen molar-refractivity contribution in [2.45, 2.75) is 242 Å². The third-order valence-electron chi connectivity index (χ3n) is 18.5. The number of aryl methyl sites for hydroxylation is 1. The van der Waals surface area contributed by atoms with Gasteiger partial charge in [-0.25, -0.2) is 35.7 Å². The molecule has 0 bridgehead atoms. The Morgan fingerprint density at radius 3 is 1.68 bits per heavy atom. The number of aromatic nitrogens is 3. The number of halogens is 1. The summed E-state index contributed by atoms with van der Waals surface area (Å²) in [7, 11) is -8.38. The first-order chi connectivity index (χ1) is 50.8. The second-order valence-corrected chi connectivity index (χ2v) is 35.7. The number of amides is 2. The normalized spacial score (nSPS) is 22.3. The van der Waals surface area contributed by atoms with E-state index in [1.165, 1.54) is 77.8 Å². The molecule has 612 valence electrons. The molecule has 0 spiro atoms. The van der Waals surface area contributed by atoms with Gasteiger partial charge >= 0.3 is 217 Å². The number of primary amides is 1. The fourth-order valence-electron chi connectivity index (χ4n) is 12.6. The Morgan fingerprint density at radius 2 is 1.11 bits per heavy atom. The van der Waals surface area contributed by atoms with E-state index in [0.717, 1.165) is 67.5 Å². The number of nitrogens with one attached hydrogen (secondary N) is 1. The Balaban J connectivity index is 0. The van der Waals surface area contributed by atoms with E-state index < -0.39 is 96.9 Å². The zero-order valence-electron chi connectivity index (χ0n) is 67.5. The maximum atomic E-state index is 14.2. The number of unbranched alkanes of at least 4 members (excludes halogenated alkanes) is 12. The van der Waals surface area contributed by atoms with Crippen LogP contribution in [-0.2, 0) is 125 Å². The number of benzene rings is 2. The molecule has 2 amide bonds. The fraction of sp³-hybridized carbons (Fsp3) is 0.657. The molecule has 6 heterocycles. The summed E-state index contributed by atoms with van der Waals surface area (Å²) in [5, 5.41) is 22.7. The van der Waals surface area contributed by atoms with Gasteiger partial charge in [-0.3, -0.25) is 28.2 Å². The van der Waals surface area contributed by atoms with Gasteiger partial charge in [0.25, 0.3) is 0 Å². The second kappa shape index (κ2) is 58.0. The Bertz CT molecular complexity index is 3530. The zero-order valence-corrected chi connectivity index (χ0v) is 88.8. The van der Waals surface area contributed by atoms with E-state index in [9.17, 15) is 53.2 Å². The molecule has 111 heavy (non-hydrogen) atoms. The molecule has 8 N–H and O–H groups in total. The molecule has 0 aliphatic carbocycles. The van der Waals surface area contributed by atoms with Gasteiger partial charge in [-0.15, -0.1) is 54.8 Å². The first-order valence-corrected chi connectivity index (χ1v) is 45.1. The van der Waals surface area contributed by atoms with Crippen molar-refractivity contribution >= 4 is 313 Å². The molecule has 1 aromatic heterocycles. The number of phosphoric ester groups is 1. The molecule has 5 aliphatic rings. The maximum absolute atomic E-state index is 14.2. The van der Waals surface area contributed by atoms with E-state index in [4.69, 9.17) is 94.3 Å². The topological polar surface area (TPSA) is 396 Å². The zero-order chi connectivity index (χ0) is 76.0. The molecule has 8 rings (SSSR count). The van der Waals surface area contributed by atoms with Crippen molar-refractivity contribution in [2.75, 3.05) is 57.7 Å². The van der Waals surface area contributed by atoms with Gasteiger partial charge in [-0.2, -0.15) is 0 Å². The van der Waals surface area contributed by atoms with E-state index in [-0.39, 0.29) is 345 Å². The molecule has 13 atom stereocenters. The molecule has 4 saturated heterocycles. The first kappa shape index (κ1) is 109. The Morgan fingerprint density at radius 1 is 0.613 bits per heavy atom. The maximum Gasteiger partial charge on any atom is 2.00 e. The summed E-state index contributed by atoms with van der Waals surface area (Å²) in [5.41, 5.74) is 10.6. The predicted octanol–water partition coefficient (Wildman–Crippen LogP) is 9.90. The van der Waals surface area contributed by atoms with Crippen LogP contribution in [0.25, 0.3) is 22.5 Å². The number of ether oxygens (including phenoxy) is 5. The number of phosphoric acid groups is 1. The van der Waals surface area contributed by atoms with Crippen molar-refractivity contribution in [1.29, 1.82) is 0 Å². The average molecular weight is 2280 g/mol. The van der Waals surface area contributed by atoms with Gasteiger partial charge in [0.05, 0.1) is 119 Å². The minimum atomic E-state index is -4.73. The summed E-state index contributed by atoms with van der Waals surface area (Å²) in [4.78, 5) is 108. The number of ketones is 3.